The molecule has 0 bridgehead atoms. The summed E-state index contributed by atoms with van der Waals surface area (Å²) in [6.45, 7) is 0. The molecular formula is C48H33NO2. The number of furan rings is 1. The van der Waals surface area contributed by atoms with E-state index in [2.05, 4.69) is 169 Å². The second kappa shape index (κ2) is 12.1. The molecule has 1 unspecified atom stereocenters. The van der Waals surface area contributed by atoms with Crippen molar-refractivity contribution in [2.75, 3.05) is 5.32 Å². The van der Waals surface area contributed by atoms with Crippen molar-refractivity contribution < 1.29 is 9.15 Å². The summed E-state index contributed by atoms with van der Waals surface area (Å²) < 4.78 is 13.1. The van der Waals surface area contributed by atoms with Crippen molar-refractivity contribution >= 4 is 38.9 Å². The van der Waals surface area contributed by atoms with Gasteiger partial charge in [-0.15, -0.1) is 0 Å². The van der Waals surface area contributed by atoms with E-state index in [1.807, 2.05) is 12.1 Å². The normalized spacial score (nSPS) is 14.6. The molecule has 8 aromatic rings. The van der Waals surface area contributed by atoms with Gasteiger partial charge in [0.05, 0.1) is 5.69 Å². The molecule has 0 radical (unpaired) electrons. The van der Waals surface area contributed by atoms with Gasteiger partial charge >= 0.3 is 0 Å². The molecule has 7 aromatic carbocycles. The van der Waals surface area contributed by atoms with E-state index in [0.29, 0.717) is 0 Å². The lowest BCUT2D eigenvalue weighted by molar-refractivity contribution is 0.280. The summed E-state index contributed by atoms with van der Waals surface area (Å²) in [5, 5.41) is 6.08. The van der Waals surface area contributed by atoms with Gasteiger partial charge in [0.25, 0.3) is 0 Å². The standard InChI is InChI=1S/C48H33NO2/c1-3-12-31(13-4-1)32-22-24-33(25-23-32)35-26-36(38-18-11-19-41-39-16-7-10-21-46(39)51-48(38)41)28-37(27-35)49-44-30-47-43(40-17-8-9-20-45(40)50-47)29-42(44)34-14-5-2-6-15-34/h1-20,22-30,46,49H,21H2. The van der Waals surface area contributed by atoms with Crippen LogP contribution in [0.5, 0.6) is 5.75 Å². The van der Waals surface area contributed by atoms with Crippen molar-refractivity contribution in [3.05, 3.63) is 182 Å². The fraction of sp³-hybridized carbons (Fsp3) is 0.0417. The van der Waals surface area contributed by atoms with Crippen LogP contribution < -0.4 is 10.1 Å². The van der Waals surface area contributed by atoms with E-state index in [-0.39, 0.29) is 6.10 Å². The summed E-state index contributed by atoms with van der Waals surface area (Å²) in [4.78, 5) is 0. The molecule has 1 aliphatic heterocycles. The number of para-hydroxylation sites is 2. The molecule has 1 atom stereocenters. The average Bonchev–Trinajstić information content (AvgIpc) is 3.76. The van der Waals surface area contributed by atoms with Crippen LogP contribution in [0.3, 0.4) is 0 Å². The van der Waals surface area contributed by atoms with Gasteiger partial charge in [0.1, 0.15) is 23.0 Å². The zero-order valence-corrected chi connectivity index (χ0v) is 27.8. The van der Waals surface area contributed by atoms with Gasteiger partial charge in [0, 0.05) is 51.2 Å². The van der Waals surface area contributed by atoms with Crippen LogP contribution in [0.2, 0.25) is 0 Å². The minimum absolute atomic E-state index is 0.0569. The number of anilines is 2. The number of allylic oxidation sites excluding steroid dienone is 2. The molecule has 3 heteroatoms. The summed E-state index contributed by atoms with van der Waals surface area (Å²) in [5.41, 5.74) is 15.2. The maximum Gasteiger partial charge on any atom is 0.137 e. The summed E-state index contributed by atoms with van der Waals surface area (Å²) >= 11 is 0. The SMILES string of the molecule is C1=CCC2Oc3c(cccc3-c3cc(Nc4cc5oc6ccccc6c5cc4-c4ccccc4)cc(-c4ccc(-c5ccccc5)cc4)c3)C2=C1. The van der Waals surface area contributed by atoms with Crippen LogP contribution in [0.4, 0.5) is 11.4 Å². The average molecular weight is 656 g/mol. The Morgan fingerprint density at radius 1 is 0.490 bits per heavy atom. The third-order valence-electron chi connectivity index (χ3n) is 10.1. The van der Waals surface area contributed by atoms with Gasteiger partial charge in [-0.25, -0.2) is 0 Å². The molecule has 3 nitrogen and oxygen atoms in total. The molecule has 242 valence electrons. The van der Waals surface area contributed by atoms with E-state index in [4.69, 9.17) is 9.15 Å². The van der Waals surface area contributed by atoms with Gasteiger partial charge in [-0.05, 0) is 63.7 Å². The first-order valence-corrected chi connectivity index (χ1v) is 17.5. The van der Waals surface area contributed by atoms with E-state index in [1.54, 1.807) is 0 Å². The van der Waals surface area contributed by atoms with E-state index < -0.39 is 0 Å². The maximum absolute atomic E-state index is 6.67. The number of hydrogen-bond donors (Lipinski definition) is 1. The largest absolute Gasteiger partial charge is 0.484 e. The van der Waals surface area contributed by atoms with Crippen LogP contribution in [-0.4, -0.2) is 6.10 Å². The van der Waals surface area contributed by atoms with Crippen molar-refractivity contribution in [2.45, 2.75) is 12.5 Å². The first kappa shape index (κ1) is 29.3. The molecule has 10 rings (SSSR count). The number of fused-ring (bicyclic) bond motifs is 6. The Balaban J connectivity index is 1.13. The molecule has 0 saturated heterocycles. The molecule has 51 heavy (non-hydrogen) atoms. The van der Waals surface area contributed by atoms with Crippen LogP contribution in [0.25, 0.3) is 72.0 Å². The van der Waals surface area contributed by atoms with Gasteiger partial charge in [-0.3, -0.25) is 0 Å². The zero-order valence-electron chi connectivity index (χ0n) is 27.8. The maximum atomic E-state index is 6.67. The van der Waals surface area contributed by atoms with Crippen molar-refractivity contribution in [1.29, 1.82) is 0 Å². The predicted octanol–water partition coefficient (Wildman–Crippen LogP) is 13.1. The topological polar surface area (TPSA) is 34.4 Å². The molecule has 0 fully saturated rings. The third kappa shape index (κ3) is 5.22. The van der Waals surface area contributed by atoms with Crippen molar-refractivity contribution in [2.24, 2.45) is 0 Å². The van der Waals surface area contributed by atoms with E-state index in [9.17, 15) is 0 Å². The fourth-order valence-electron chi connectivity index (χ4n) is 7.64. The summed E-state index contributed by atoms with van der Waals surface area (Å²) in [6, 6.07) is 55.9. The first-order valence-electron chi connectivity index (χ1n) is 17.5. The Hall–Kier alpha value is -6.58. The summed E-state index contributed by atoms with van der Waals surface area (Å²) in [5.74, 6) is 0.952. The highest BCUT2D eigenvalue weighted by Crippen LogP contribution is 2.47. The van der Waals surface area contributed by atoms with E-state index in [1.165, 1.54) is 22.3 Å². The molecule has 0 spiro atoms. The quantitative estimate of drug-likeness (QED) is 0.194. The Morgan fingerprint density at radius 3 is 2.00 bits per heavy atom. The fourth-order valence-corrected chi connectivity index (χ4v) is 7.64. The minimum atomic E-state index is 0.0569. The highest BCUT2D eigenvalue weighted by molar-refractivity contribution is 6.08. The zero-order chi connectivity index (χ0) is 33.7. The number of ether oxygens (including phenoxy) is 1. The monoisotopic (exact) mass is 655 g/mol. The van der Waals surface area contributed by atoms with Crippen LogP contribution >= 0.6 is 0 Å². The Bertz CT molecular complexity index is 2650. The van der Waals surface area contributed by atoms with Crippen LogP contribution in [0, 0.1) is 0 Å². The molecule has 0 amide bonds. The Labute approximate surface area is 296 Å². The van der Waals surface area contributed by atoms with Gasteiger partial charge < -0.3 is 14.5 Å². The first-order chi connectivity index (χ1) is 25.2. The third-order valence-corrected chi connectivity index (χ3v) is 10.1. The number of rotatable bonds is 6. The lowest BCUT2D eigenvalue weighted by atomic mass is 9.92. The van der Waals surface area contributed by atoms with Crippen LogP contribution in [0.1, 0.15) is 12.0 Å². The number of benzene rings is 7. The van der Waals surface area contributed by atoms with Gasteiger partial charge in [0.15, 0.2) is 0 Å². The van der Waals surface area contributed by atoms with Gasteiger partial charge in [-0.1, -0.05) is 140 Å². The highest BCUT2D eigenvalue weighted by atomic mass is 16.5. The molecule has 1 aromatic heterocycles. The molecule has 0 saturated carbocycles. The second-order valence-corrected chi connectivity index (χ2v) is 13.3. The smallest absolute Gasteiger partial charge is 0.137 e. The summed E-state index contributed by atoms with van der Waals surface area (Å²) in [6.07, 6.45) is 7.46. The van der Waals surface area contributed by atoms with Crippen molar-refractivity contribution in [3.8, 4) is 50.3 Å². The molecule has 1 aliphatic carbocycles. The molecular weight excluding hydrogens is 623 g/mol. The lowest BCUT2D eigenvalue weighted by Crippen LogP contribution is -2.12. The summed E-state index contributed by atoms with van der Waals surface area (Å²) in [7, 11) is 0. The number of hydrogen-bond acceptors (Lipinski definition) is 3. The van der Waals surface area contributed by atoms with Crippen LogP contribution in [0.15, 0.2) is 180 Å². The Morgan fingerprint density at radius 2 is 1.18 bits per heavy atom. The molecule has 1 N–H and O–H groups in total. The van der Waals surface area contributed by atoms with Crippen molar-refractivity contribution in [1.82, 2.24) is 0 Å². The number of nitrogens with one attached hydrogen (secondary N) is 1. The van der Waals surface area contributed by atoms with E-state index >= 15 is 0 Å². The minimum Gasteiger partial charge on any atom is -0.484 e. The van der Waals surface area contributed by atoms with Crippen LogP contribution in [-0.2, 0) is 0 Å². The molecule has 2 heterocycles. The van der Waals surface area contributed by atoms with Crippen molar-refractivity contribution in [3.63, 3.8) is 0 Å². The molecule has 2 aliphatic rings. The van der Waals surface area contributed by atoms with Gasteiger partial charge in [-0.2, -0.15) is 0 Å². The van der Waals surface area contributed by atoms with Gasteiger partial charge in [0.2, 0.25) is 0 Å². The lowest BCUT2D eigenvalue weighted by Gasteiger charge is -2.17. The predicted molar refractivity (Wildman–Crippen MR) is 211 cm³/mol. The second-order valence-electron chi connectivity index (χ2n) is 13.3. The highest BCUT2D eigenvalue weighted by Gasteiger charge is 2.31. The van der Waals surface area contributed by atoms with E-state index in [0.717, 1.165) is 78.9 Å². The Kier molecular flexibility index (Phi) is 6.95.